The highest BCUT2D eigenvalue weighted by atomic mass is 16.5. The summed E-state index contributed by atoms with van der Waals surface area (Å²) in [6.07, 6.45) is 4.62. The molecule has 0 aliphatic carbocycles. The van der Waals surface area contributed by atoms with Gasteiger partial charge >= 0.3 is 11.9 Å². The van der Waals surface area contributed by atoms with Crippen molar-refractivity contribution in [2.45, 2.75) is 116 Å². The van der Waals surface area contributed by atoms with E-state index in [1.807, 2.05) is 43.3 Å². The van der Waals surface area contributed by atoms with Crippen molar-refractivity contribution in [2.24, 2.45) is 34.2 Å². The predicted molar refractivity (Wildman–Crippen MR) is 251 cm³/mol. The molecule has 0 aromatic heterocycles. The molecule has 0 radical (unpaired) electrons. The number of carbonyl (C=O) groups excluding carboxylic acids is 7. The van der Waals surface area contributed by atoms with Crippen molar-refractivity contribution in [3.05, 3.63) is 72.0 Å². The second-order valence-corrected chi connectivity index (χ2v) is 16.8. The van der Waals surface area contributed by atoms with Crippen molar-refractivity contribution in [1.82, 2.24) is 36.8 Å². The maximum Gasteiger partial charge on any atom is 0.327 e. The number of aliphatic imine (C=N–C) groups is 1. The van der Waals surface area contributed by atoms with Crippen LogP contribution in [0.5, 0.6) is 0 Å². The van der Waals surface area contributed by atoms with Crippen molar-refractivity contribution >= 4 is 59.2 Å². The summed E-state index contributed by atoms with van der Waals surface area (Å²) in [7, 11) is 2.81. The van der Waals surface area contributed by atoms with Crippen LogP contribution in [0.1, 0.15) is 72.8 Å². The van der Waals surface area contributed by atoms with E-state index in [1.165, 1.54) is 40.8 Å². The summed E-state index contributed by atoms with van der Waals surface area (Å²) in [6.45, 7) is 12.5. The summed E-state index contributed by atoms with van der Waals surface area (Å²) in [5.74, 6) is -12.5. The Balaban J connectivity index is 2.68. The molecule has 1 heterocycles. The lowest BCUT2D eigenvalue weighted by atomic mass is 9.94. The van der Waals surface area contributed by atoms with Crippen molar-refractivity contribution in [1.29, 1.82) is 0 Å². The first kappa shape index (κ1) is 57.0. The van der Waals surface area contributed by atoms with Gasteiger partial charge in [-0.3, -0.25) is 38.6 Å². The Morgan fingerprint density at radius 1 is 0.853 bits per heavy atom. The van der Waals surface area contributed by atoms with E-state index < -0.39 is 120 Å². The maximum absolute atomic E-state index is 14.3. The summed E-state index contributed by atoms with van der Waals surface area (Å²) in [5, 5.41) is 34.9. The molecule has 374 valence electrons. The number of likely N-dealkylation sites (N-methyl/N-ethyl adjacent to an activating group) is 1. The highest BCUT2D eigenvalue weighted by Crippen LogP contribution is 2.19. The Kier molecular flexibility index (Phi) is 23.1. The number of ether oxygens (including phenoxy) is 1. The number of carboxylic acids is 2. The number of benzene rings is 1. The molecule has 0 bridgehead atoms. The maximum atomic E-state index is 14.3. The average molecular weight is 953 g/mol. The number of allylic oxidation sites excluding steroid dienone is 2. The third-order valence-electron chi connectivity index (χ3n) is 11.4. The van der Waals surface area contributed by atoms with E-state index in [9.17, 15) is 53.4 Å². The van der Waals surface area contributed by atoms with Crippen LogP contribution in [-0.2, 0) is 54.3 Å². The summed E-state index contributed by atoms with van der Waals surface area (Å²) >= 11 is 0. The van der Waals surface area contributed by atoms with Crippen LogP contribution in [0, 0.1) is 17.8 Å². The standard InChI is InChI=1S/C46H68N10O12/c1-24(22-25(2)35(68-9)23-31-14-11-10-12-15-31)17-18-32-26(3)38(58)54-34(44(64)65)19-20-36(57)56(8)30(7)42(62)51-28(5)40(60)50-29(6)41(61)55-37(45(66)67)27(4)39(59)53-33(43(63)52-32)16-13-21-49-46(47)48/h10-12,14-15,17-18,22,25-29,32-35,37H,7,13,16,19-21,23H2,1-6,8-9H3,(H,50,60)(H,51,62)(H,52,63)(H,53,59)(H,54,58)(H,55,61)(H,64,65)(H,66,67)(H4,47,48,49)/t25-,26-,27-,28+,29-,32-,33-,34+,35-,37+/m0/s1. The molecule has 10 atom stereocenters. The van der Waals surface area contributed by atoms with Gasteiger partial charge in [0.15, 0.2) is 5.96 Å². The molecule has 2 rings (SSSR count). The van der Waals surface area contributed by atoms with Gasteiger partial charge in [-0.2, -0.15) is 0 Å². The van der Waals surface area contributed by atoms with Crippen molar-refractivity contribution in [2.75, 3.05) is 20.7 Å². The molecule has 0 unspecified atom stereocenters. The van der Waals surface area contributed by atoms with Gasteiger partial charge in [0.2, 0.25) is 35.4 Å². The van der Waals surface area contributed by atoms with Gasteiger partial charge in [0.1, 0.15) is 35.9 Å². The second kappa shape index (κ2) is 27.5. The lowest BCUT2D eigenvalue weighted by molar-refractivity contribution is -0.146. The predicted octanol–water partition coefficient (Wildman–Crippen LogP) is -0.408. The molecule has 0 spiro atoms. The van der Waals surface area contributed by atoms with Gasteiger partial charge in [-0.1, -0.05) is 81.5 Å². The quantitative estimate of drug-likeness (QED) is 0.0396. The number of rotatable bonds is 13. The number of nitrogens with two attached hydrogens (primary N) is 2. The first-order valence-corrected chi connectivity index (χ1v) is 22.1. The van der Waals surface area contributed by atoms with Crippen LogP contribution in [0.4, 0.5) is 0 Å². The zero-order valence-electron chi connectivity index (χ0n) is 39.9. The molecule has 68 heavy (non-hydrogen) atoms. The van der Waals surface area contributed by atoms with E-state index in [2.05, 4.69) is 43.5 Å². The third-order valence-corrected chi connectivity index (χ3v) is 11.4. The van der Waals surface area contributed by atoms with E-state index in [4.69, 9.17) is 16.2 Å². The highest BCUT2D eigenvalue weighted by Gasteiger charge is 2.36. The molecule has 1 aliphatic heterocycles. The summed E-state index contributed by atoms with van der Waals surface area (Å²) < 4.78 is 5.80. The van der Waals surface area contributed by atoms with Crippen LogP contribution in [0.2, 0.25) is 0 Å². The molecule has 1 aromatic rings. The first-order valence-electron chi connectivity index (χ1n) is 22.1. The fraction of sp³-hybridized carbons (Fsp3) is 0.522. The Morgan fingerprint density at radius 3 is 2.04 bits per heavy atom. The molecule has 1 aliphatic rings. The lowest BCUT2D eigenvalue weighted by Crippen LogP contribution is -2.58. The number of hydrogen-bond acceptors (Lipinski definition) is 11. The van der Waals surface area contributed by atoms with E-state index in [0.29, 0.717) is 12.0 Å². The minimum absolute atomic E-state index is 0.0251. The number of nitrogens with one attached hydrogen (secondary N) is 6. The Bertz CT molecular complexity index is 2090. The van der Waals surface area contributed by atoms with Crippen molar-refractivity contribution in [3.63, 3.8) is 0 Å². The molecule has 1 fully saturated rings. The fourth-order valence-corrected chi connectivity index (χ4v) is 6.89. The molecule has 22 nitrogen and oxygen atoms in total. The Morgan fingerprint density at radius 2 is 1.46 bits per heavy atom. The Labute approximate surface area is 396 Å². The van der Waals surface area contributed by atoms with Crippen LogP contribution in [0.25, 0.3) is 0 Å². The molecule has 1 aromatic carbocycles. The molecule has 22 heteroatoms. The summed E-state index contributed by atoms with van der Waals surface area (Å²) in [4.78, 5) is 124. The van der Waals surface area contributed by atoms with Crippen molar-refractivity contribution in [3.8, 4) is 0 Å². The number of hydrogen-bond donors (Lipinski definition) is 10. The van der Waals surface area contributed by atoms with E-state index >= 15 is 0 Å². The van der Waals surface area contributed by atoms with Crippen LogP contribution in [0.3, 0.4) is 0 Å². The smallest absolute Gasteiger partial charge is 0.327 e. The SMILES string of the molecule is C=C1C(=O)N[C@H](C)C(=O)N[C@@H](C)C(=O)N[C@@H](C(=O)O)[C@H](C)C(=O)N[C@@H](CCCN=C(N)N)C(=O)N[C@@H](C=CC(C)=C[C@H](C)[C@H](Cc2ccccc2)OC)[C@H](C)C(=O)N[C@@H](C(=O)O)CCC(=O)N1C. The lowest BCUT2D eigenvalue weighted by Gasteiger charge is -2.28. The molecule has 12 N–H and O–H groups in total. The van der Waals surface area contributed by atoms with E-state index in [1.54, 1.807) is 20.1 Å². The molecular formula is C46H68N10O12. The van der Waals surface area contributed by atoms with Crippen molar-refractivity contribution < 1.29 is 58.1 Å². The highest BCUT2D eigenvalue weighted by molar-refractivity contribution is 6.00. The largest absolute Gasteiger partial charge is 0.480 e. The normalized spacial score (nSPS) is 25.8. The van der Waals surface area contributed by atoms with E-state index in [0.717, 1.165) is 10.5 Å². The zero-order chi connectivity index (χ0) is 51.4. The van der Waals surface area contributed by atoms with Gasteiger partial charge in [-0.05, 0) is 52.0 Å². The van der Waals surface area contributed by atoms with Gasteiger partial charge in [-0.15, -0.1) is 0 Å². The number of guanidine groups is 1. The first-order chi connectivity index (χ1) is 31.9. The minimum Gasteiger partial charge on any atom is -0.480 e. The minimum atomic E-state index is -1.88. The second-order valence-electron chi connectivity index (χ2n) is 16.8. The summed E-state index contributed by atoms with van der Waals surface area (Å²) in [6, 6.07) is 0.970. The van der Waals surface area contributed by atoms with Crippen LogP contribution >= 0.6 is 0 Å². The topological polar surface area (TPSA) is 343 Å². The Hall–Kier alpha value is -7.10. The van der Waals surface area contributed by atoms with Gasteiger partial charge < -0.3 is 63.2 Å². The average Bonchev–Trinajstić information content (AvgIpc) is 3.28. The van der Waals surface area contributed by atoms with Gasteiger partial charge in [-0.25, -0.2) is 9.59 Å². The number of amides is 7. The number of methoxy groups -OCH3 is 1. The third kappa shape index (κ3) is 18.3. The fourth-order valence-electron chi connectivity index (χ4n) is 6.89. The number of carboxylic acid groups (broad SMARTS) is 2. The molecule has 0 saturated carbocycles. The van der Waals surface area contributed by atoms with E-state index in [-0.39, 0.29) is 37.4 Å². The molecule has 7 amide bonds. The number of aliphatic carboxylic acids is 2. The number of nitrogens with zero attached hydrogens (tertiary/aromatic N) is 2. The van der Waals surface area contributed by atoms with Gasteiger partial charge in [0.05, 0.1) is 24.0 Å². The van der Waals surface area contributed by atoms with Crippen LogP contribution in [0.15, 0.2) is 71.4 Å². The monoisotopic (exact) mass is 953 g/mol. The van der Waals surface area contributed by atoms with Gasteiger partial charge in [0.25, 0.3) is 5.91 Å². The zero-order valence-corrected chi connectivity index (χ0v) is 39.9. The van der Waals surface area contributed by atoms with Crippen LogP contribution < -0.4 is 43.4 Å². The van der Waals surface area contributed by atoms with Crippen LogP contribution in [-0.4, -0.2) is 137 Å². The molecular weight excluding hydrogens is 885 g/mol. The number of carbonyl (C=O) groups is 9. The van der Waals surface area contributed by atoms with Gasteiger partial charge in [0, 0.05) is 33.0 Å². The summed E-state index contributed by atoms with van der Waals surface area (Å²) in [5.41, 5.74) is 12.3. The molecule has 1 saturated heterocycles.